The molecule has 0 spiro atoms. The van der Waals surface area contributed by atoms with Crippen LogP contribution in [0.15, 0.2) is 41.6 Å². The van der Waals surface area contributed by atoms with Gasteiger partial charge in [0.2, 0.25) is 0 Å². The summed E-state index contributed by atoms with van der Waals surface area (Å²) in [6.07, 6.45) is 8.01. The number of aromatic nitrogens is 3. The predicted molar refractivity (Wildman–Crippen MR) is 67.9 cm³/mol. The second kappa shape index (κ2) is 4.27. The lowest BCUT2D eigenvalue weighted by atomic mass is 10.0. The van der Waals surface area contributed by atoms with E-state index in [0.29, 0.717) is 0 Å². The predicted octanol–water partition coefficient (Wildman–Crippen LogP) is 2.03. The molecule has 0 saturated heterocycles. The Bertz CT molecular complexity index is 614. The molecule has 4 nitrogen and oxygen atoms in total. The van der Waals surface area contributed by atoms with Gasteiger partial charge in [-0.3, -0.25) is 4.98 Å². The summed E-state index contributed by atoms with van der Waals surface area (Å²) in [4.78, 5) is 4.11. The minimum Gasteiger partial charge on any atom is -0.324 e. The number of thiophene rings is 1. The van der Waals surface area contributed by atoms with Gasteiger partial charge in [0.25, 0.3) is 0 Å². The molecule has 0 amide bonds. The average Bonchev–Trinajstić information content (AvgIpc) is 2.96. The molecule has 3 aromatic rings. The van der Waals surface area contributed by atoms with Crippen LogP contribution in [0, 0.1) is 0 Å². The lowest BCUT2D eigenvalue weighted by molar-refractivity contribution is 0.729. The third kappa shape index (κ3) is 1.94. The molecular weight excluding hydrogens is 232 g/mol. The molecule has 0 saturated carbocycles. The summed E-state index contributed by atoms with van der Waals surface area (Å²) in [6.45, 7) is 0. The first-order chi connectivity index (χ1) is 8.34. The van der Waals surface area contributed by atoms with Gasteiger partial charge in [-0.1, -0.05) is 0 Å². The molecule has 0 bridgehead atoms. The van der Waals surface area contributed by atoms with Gasteiger partial charge in [-0.25, -0.2) is 4.52 Å². The topological polar surface area (TPSA) is 56.2 Å². The zero-order valence-corrected chi connectivity index (χ0v) is 9.97. The highest BCUT2D eigenvalue weighted by Gasteiger charge is 2.13. The van der Waals surface area contributed by atoms with Crippen LogP contribution in [-0.4, -0.2) is 14.6 Å². The first-order valence-corrected chi connectivity index (χ1v) is 6.33. The van der Waals surface area contributed by atoms with E-state index in [-0.39, 0.29) is 6.04 Å². The summed E-state index contributed by atoms with van der Waals surface area (Å²) < 4.78 is 1.80. The van der Waals surface area contributed by atoms with Gasteiger partial charge in [-0.2, -0.15) is 16.4 Å². The molecule has 1 unspecified atom stereocenters. The Morgan fingerprint density at radius 3 is 3.18 bits per heavy atom. The molecule has 3 aromatic heterocycles. The van der Waals surface area contributed by atoms with Crippen molar-refractivity contribution < 1.29 is 0 Å². The zero-order valence-electron chi connectivity index (χ0n) is 9.15. The van der Waals surface area contributed by atoms with Gasteiger partial charge in [0.1, 0.15) is 0 Å². The van der Waals surface area contributed by atoms with Gasteiger partial charge >= 0.3 is 0 Å². The molecule has 86 valence electrons. The van der Waals surface area contributed by atoms with E-state index in [2.05, 4.69) is 26.9 Å². The lowest BCUT2D eigenvalue weighted by Crippen LogP contribution is -2.12. The Balaban J connectivity index is 1.93. The van der Waals surface area contributed by atoms with Crippen LogP contribution in [-0.2, 0) is 6.42 Å². The third-order valence-electron chi connectivity index (χ3n) is 2.79. The highest BCUT2D eigenvalue weighted by Crippen LogP contribution is 2.21. The Kier molecular flexibility index (Phi) is 2.62. The first kappa shape index (κ1) is 10.4. The van der Waals surface area contributed by atoms with Gasteiger partial charge in [0.15, 0.2) is 0 Å². The number of rotatable bonds is 3. The fraction of sp³-hybridized carbons (Fsp3) is 0.167. The molecule has 2 N–H and O–H groups in total. The average molecular weight is 244 g/mol. The van der Waals surface area contributed by atoms with Gasteiger partial charge in [-0.05, 0) is 28.8 Å². The van der Waals surface area contributed by atoms with Crippen molar-refractivity contribution >= 4 is 16.9 Å². The quantitative estimate of drug-likeness (QED) is 0.767. The van der Waals surface area contributed by atoms with Crippen molar-refractivity contribution in [3.8, 4) is 0 Å². The number of hydrogen-bond acceptors (Lipinski definition) is 4. The summed E-state index contributed by atoms with van der Waals surface area (Å²) in [6, 6.07) is 2.07. The van der Waals surface area contributed by atoms with Crippen molar-refractivity contribution in [3.05, 3.63) is 52.7 Å². The van der Waals surface area contributed by atoms with E-state index in [1.165, 1.54) is 5.56 Å². The number of nitrogens with two attached hydrogens (primary N) is 1. The molecule has 0 radical (unpaired) electrons. The SMILES string of the molecule is NC(Cc1ccsc1)c1cnn2ccncc12. The van der Waals surface area contributed by atoms with Crippen molar-refractivity contribution in [1.29, 1.82) is 0 Å². The van der Waals surface area contributed by atoms with Crippen LogP contribution in [0.5, 0.6) is 0 Å². The highest BCUT2D eigenvalue weighted by molar-refractivity contribution is 7.07. The molecule has 0 aliphatic heterocycles. The van der Waals surface area contributed by atoms with Crippen molar-refractivity contribution in [3.63, 3.8) is 0 Å². The second-order valence-corrected chi connectivity index (χ2v) is 4.73. The monoisotopic (exact) mass is 244 g/mol. The molecule has 0 fully saturated rings. The van der Waals surface area contributed by atoms with Crippen LogP contribution in [0.2, 0.25) is 0 Å². The van der Waals surface area contributed by atoms with Crippen molar-refractivity contribution in [2.45, 2.75) is 12.5 Å². The Hall–Kier alpha value is -1.72. The van der Waals surface area contributed by atoms with Gasteiger partial charge in [0.05, 0.1) is 17.9 Å². The van der Waals surface area contributed by atoms with E-state index < -0.39 is 0 Å². The van der Waals surface area contributed by atoms with Crippen molar-refractivity contribution in [2.24, 2.45) is 5.73 Å². The summed E-state index contributed by atoms with van der Waals surface area (Å²) in [7, 11) is 0. The number of nitrogens with zero attached hydrogens (tertiary/aromatic N) is 3. The van der Waals surface area contributed by atoms with E-state index >= 15 is 0 Å². The standard InChI is InChI=1S/C12H12N4S/c13-11(5-9-1-4-17-8-9)10-6-15-16-3-2-14-7-12(10)16/h1-4,6-8,11H,5,13H2. The maximum atomic E-state index is 6.22. The molecular formula is C12H12N4S. The van der Waals surface area contributed by atoms with Crippen LogP contribution in [0.1, 0.15) is 17.2 Å². The number of fused-ring (bicyclic) bond motifs is 1. The van der Waals surface area contributed by atoms with E-state index in [1.807, 2.05) is 12.4 Å². The molecule has 3 heterocycles. The molecule has 1 atom stereocenters. The molecule has 3 rings (SSSR count). The van der Waals surface area contributed by atoms with Crippen LogP contribution >= 0.6 is 11.3 Å². The zero-order chi connectivity index (χ0) is 11.7. The van der Waals surface area contributed by atoms with Gasteiger partial charge < -0.3 is 5.73 Å². The second-order valence-electron chi connectivity index (χ2n) is 3.95. The van der Waals surface area contributed by atoms with Crippen molar-refractivity contribution in [1.82, 2.24) is 14.6 Å². The normalized spacial score (nSPS) is 13.0. The van der Waals surface area contributed by atoms with E-state index in [9.17, 15) is 0 Å². The van der Waals surface area contributed by atoms with E-state index in [0.717, 1.165) is 17.5 Å². The van der Waals surface area contributed by atoms with Crippen LogP contribution in [0.3, 0.4) is 0 Å². The largest absolute Gasteiger partial charge is 0.324 e. The summed E-state index contributed by atoms with van der Waals surface area (Å²) >= 11 is 1.69. The van der Waals surface area contributed by atoms with E-state index in [4.69, 9.17) is 5.73 Å². The third-order valence-corrected chi connectivity index (χ3v) is 3.52. The Labute approximate surface area is 103 Å². The minimum absolute atomic E-state index is 0.0358. The maximum absolute atomic E-state index is 6.22. The van der Waals surface area contributed by atoms with Gasteiger partial charge in [-0.15, -0.1) is 0 Å². The minimum atomic E-state index is -0.0358. The highest BCUT2D eigenvalue weighted by atomic mass is 32.1. The van der Waals surface area contributed by atoms with Crippen LogP contribution in [0.4, 0.5) is 0 Å². The summed E-state index contributed by atoms with van der Waals surface area (Å²) in [5.74, 6) is 0. The van der Waals surface area contributed by atoms with Crippen LogP contribution in [0.25, 0.3) is 5.52 Å². The number of hydrogen-bond donors (Lipinski definition) is 1. The molecule has 0 aromatic carbocycles. The lowest BCUT2D eigenvalue weighted by Gasteiger charge is -2.08. The summed E-state index contributed by atoms with van der Waals surface area (Å²) in [5.41, 5.74) is 9.52. The van der Waals surface area contributed by atoms with Crippen LogP contribution < -0.4 is 5.73 Å². The molecule has 5 heteroatoms. The molecule has 0 aliphatic rings. The molecule has 17 heavy (non-hydrogen) atoms. The van der Waals surface area contributed by atoms with Gasteiger partial charge in [0, 0.05) is 24.0 Å². The molecule has 0 aliphatic carbocycles. The first-order valence-electron chi connectivity index (χ1n) is 5.38. The fourth-order valence-corrected chi connectivity index (χ4v) is 2.59. The maximum Gasteiger partial charge on any atom is 0.0892 e. The summed E-state index contributed by atoms with van der Waals surface area (Å²) in [5, 5.41) is 8.47. The van der Waals surface area contributed by atoms with E-state index in [1.54, 1.807) is 28.2 Å². The fourth-order valence-electron chi connectivity index (χ4n) is 1.91. The Morgan fingerprint density at radius 1 is 1.41 bits per heavy atom. The Morgan fingerprint density at radius 2 is 2.35 bits per heavy atom. The smallest absolute Gasteiger partial charge is 0.0892 e. The van der Waals surface area contributed by atoms with Crippen molar-refractivity contribution in [2.75, 3.05) is 0 Å².